The molecule has 0 saturated carbocycles. The molecular formula is C20H34ClN3O3S. The predicted octanol–water partition coefficient (Wildman–Crippen LogP) is 2.65. The van der Waals surface area contributed by atoms with Crippen LogP contribution in [0.4, 0.5) is 0 Å². The highest BCUT2D eigenvalue weighted by molar-refractivity contribution is 7.89. The molecule has 2 rings (SSSR count). The third kappa shape index (κ3) is 6.17. The standard InChI is InChI=1S/C20H33N3O3S.ClH/c1-15(2)19(21)11-12-22(4)20(24)17-9-13-23(14-10-17)27(25,26)18-7-5-16(3)6-8-18;/h5-8,15,17,19H,9-14,21H2,1-4H3;1H. The summed E-state index contributed by atoms with van der Waals surface area (Å²) >= 11 is 0. The van der Waals surface area contributed by atoms with Crippen molar-refractivity contribution in [2.24, 2.45) is 17.6 Å². The molecule has 1 aliphatic rings. The molecule has 0 radical (unpaired) electrons. The molecule has 0 spiro atoms. The Morgan fingerprint density at radius 1 is 1.21 bits per heavy atom. The molecule has 1 aromatic carbocycles. The Labute approximate surface area is 175 Å². The number of nitrogens with zero attached hydrogens (tertiary/aromatic N) is 2. The maximum Gasteiger partial charge on any atom is 0.243 e. The number of hydrogen-bond donors (Lipinski definition) is 1. The summed E-state index contributed by atoms with van der Waals surface area (Å²) < 4.78 is 27.0. The van der Waals surface area contributed by atoms with Gasteiger partial charge in [0.2, 0.25) is 15.9 Å². The van der Waals surface area contributed by atoms with Gasteiger partial charge in [0, 0.05) is 38.6 Å². The van der Waals surface area contributed by atoms with Gasteiger partial charge in [0.05, 0.1) is 4.90 Å². The van der Waals surface area contributed by atoms with Crippen molar-refractivity contribution in [1.82, 2.24) is 9.21 Å². The largest absolute Gasteiger partial charge is 0.345 e. The number of carbonyl (C=O) groups is 1. The van der Waals surface area contributed by atoms with Gasteiger partial charge in [-0.3, -0.25) is 4.79 Å². The second kappa shape index (κ2) is 10.6. The van der Waals surface area contributed by atoms with Crippen molar-refractivity contribution >= 4 is 28.3 Å². The van der Waals surface area contributed by atoms with Crippen molar-refractivity contribution in [3.8, 4) is 0 Å². The van der Waals surface area contributed by atoms with Crippen LogP contribution < -0.4 is 5.73 Å². The Hall–Kier alpha value is -1.15. The van der Waals surface area contributed by atoms with E-state index in [1.165, 1.54) is 4.31 Å². The number of hydrogen-bond acceptors (Lipinski definition) is 4. The second-order valence-electron chi connectivity index (χ2n) is 7.95. The average molecular weight is 432 g/mol. The highest BCUT2D eigenvalue weighted by atomic mass is 35.5. The Kier molecular flexibility index (Phi) is 9.40. The minimum absolute atomic E-state index is 0. The van der Waals surface area contributed by atoms with Gasteiger partial charge in [-0.2, -0.15) is 4.31 Å². The van der Waals surface area contributed by atoms with Crippen molar-refractivity contribution in [3.63, 3.8) is 0 Å². The van der Waals surface area contributed by atoms with Crippen molar-refractivity contribution in [2.75, 3.05) is 26.7 Å². The van der Waals surface area contributed by atoms with Crippen molar-refractivity contribution in [2.45, 2.75) is 51.0 Å². The molecule has 0 aliphatic carbocycles. The molecule has 1 aliphatic heterocycles. The lowest BCUT2D eigenvalue weighted by Gasteiger charge is -2.33. The summed E-state index contributed by atoms with van der Waals surface area (Å²) in [4.78, 5) is 14.7. The van der Waals surface area contributed by atoms with Crippen LogP contribution in [0.2, 0.25) is 0 Å². The van der Waals surface area contributed by atoms with Crippen LogP contribution in [0, 0.1) is 18.8 Å². The molecule has 160 valence electrons. The first-order chi connectivity index (χ1) is 12.6. The molecule has 1 fully saturated rings. The highest BCUT2D eigenvalue weighted by Gasteiger charge is 2.33. The van der Waals surface area contributed by atoms with Gasteiger partial charge in [-0.1, -0.05) is 31.5 Å². The molecular weight excluding hydrogens is 398 g/mol. The summed E-state index contributed by atoms with van der Waals surface area (Å²) in [6.07, 6.45) is 1.90. The Bertz CT molecular complexity index is 730. The molecule has 6 nitrogen and oxygen atoms in total. The van der Waals surface area contributed by atoms with Gasteiger partial charge >= 0.3 is 0 Å². The summed E-state index contributed by atoms with van der Waals surface area (Å²) in [5, 5.41) is 0. The molecule has 1 amide bonds. The van der Waals surface area contributed by atoms with Crippen molar-refractivity contribution in [3.05, 3.63) is 29.8 Å². The second-order valence-corrected chi connectivity index (χ2v) is 9.89. The molecule has 1 unspecified atom stereocenters. The molecule has 1 atom stereocenters. The molecule has 0 aromatic heterocycles. The monoisotopic (exact) mass is 431 g/mol. The van der Waals surface area contributed by atoms with E-state index in [4.69, 9.17) is 5.73 Å². The maximum atomic E-state index is 12.8. The van der Waals surface area contributed by atoms with Gasteiger partial charge < -0.3 is 10.6 Å². The van der Waals surface area contributed by atoms with E-state index < -0.39 is 10.0 Å². The highest BCUT2D eigenvalue weighted by Crippen LogP contribution is 2.25. The number of aryl methyl sites for hydroxylation is 1. The summed E-state index contributed by atoms with van der Waals surface area (Å²) in [6.45, 7) is 7.49. The van der Waals surface area contributed by atoms with Gasteiger partial charge in [-0.25, -0.2) is 8.42 Å². The van der Waals surface area contributed by atoms with E-state index in [0.717, 1.165) is 12.0 Å². The van der Waals surface area contributed by atoms with E-state index >= 15 is 0 Å². The van der Waals surface area contributed by atoms with E-state index in [2.05, 4.69) is 13.8 Å². The van der Waals surface area contributed by atoms with E-state index in [1.54, 1.807) is 29.2 Å². The van der Waals surface area contributed by atoms with Crippen LogP contribution >= 0.6 is 12.4 Å². The number of piperidine rings is 1. The van der Waals surface area contributed by atoms with Crippen LogP contribution in [0.3, 0.4) is 0 Å². The predicted molar refractivity (Wildman–Crippen MR) is 115 cm³/mol. The molecule has 0 bridgehead atoms. The first-order valence-corrected chi connectivity index (χ1v) is 11.1. The van der Waals surface area contributed by atoms with Gasteiger partial charge in [0.1, 0.15) is 0 Å². The number of sulfonamides is 1. The van der Waals surface area contributed by atoms with Gasteiger partial charge in [0.15, 0.2) is 0 Å². The number of benzene rings is 1. The Morgan fingerprint density at radius 2 is 1.75 bits per heavy atom. The van der Waals surface area contributed by atoms with Crippen LogP contribution in [-0.2, 0) is 14.8 Å². The van der Waals surface area contributed by atoms with Crippen LogP contribution in [0.25, 0.3) is 0 Å². The van der Waals surface area contributed by atoms with E-state index in [0.29, 0.717) is 43.3 Å². The van der Waals surface area contributed by atoms with E-state index in [-0.39, 0.29) is 30.3 Å². The van der Waals surface area contributed by atoms with Crippen LogP contribution in [-0.4, -0.2) is 56.3 Å². The fourth-order valence-corrected chi connectivity index (χ4v) is 4.77. The lowest BCUT2D eigenvalue weighted by molar-refractivity contribution is -0.135. The Balaban J connectivity index is 0.00000392. The summed E-state index contributed by atoms with van der Waals surface area (Å²) in [6, 6.07) is 6.99. The topological polar surface area (TPSA) is 83.7 Å². The number of rotatable bonds is 7. The molecule has 1 heterocycles. The first kappa shape index (κ1) is 24.9. The van der Waals surface area contributed by atoms with Gasteiger partial charge in [0.25, 0.3) is 0 Å². The Morgan fingerprint density at radius 3 is 2.25 bits per heavy atom. The molecule has 2 N–H and O–H groups in total. The number of halogens is 1. The number of carbonyl (C=O) groups excluding carboxylic acids is 1. The lowest BCUT2D eigenvalue weighted by atomic mass is 9.96. The molecule has 1 aromatic rings. The van der Waals surface area contributed by atoms with E-state index in [9.17, 15) is 13.2 Å². The fourth-order valence-electron chi connectivity index (χ4n) is 3.30. The van der Waals surface area contributed by atoms with Gasteiger partial charge in [-0.05, 0) is 44.2 Å². The third-order valence-corrected chi connectivity index (χ3v) is 7.41. The van der Waals surface area contributed by atoms with Crippen LogP contribution in [0.1, 0.15) is 38.7 Å². The van der Waals surface area contributed by atoms with Gasteiger partial charge in [-0.15, -0.1) is 12.4 Å². The zero-order chi connectivity index (χ0) is 20.2. The number of nitrogens with two attached hydrogens (primary N) is 1. The van der Waals surface area contributed by atoms with Crippen molar-refractivity contribution < 1.29 is 13.2 Å². The fraction of sp³-hybridized carbons (Fsp3) is 0.650. The van der Waals surface area contributed by atoms with E-state index in [1.807, 2.05) is 14.0 Å². The average Bonchev–Trinajstić information content (AvgIpc) is 2.65. The summed E-state index contributed by atoms with van der Waals surface area (Å²) in [5.41, 5.74) is 7.09. The minimum Gasteiger partial charge on any atom is -0.345 e. The smallest absolute Gasteiger partial charge is 0.243 e. The zero-order valence-corrected chi connectivity index (χ0v) is 18.9. The summed E-state index contributed by atoms with van der Waals surface area (Å²) in [7, 11) is -1.68. The first-order valence-electron chi connectivity index (χ1n) is 9.70. The SMILES string of the molecule is Cc1ccc(S(=O)(=O)N2CCC(C(=O)N(C)CCC(N)C(C)C)CC2)cc1.Cl. The quantitative estimate of drug-likeness (QED) is 0.719. The normalized spacial score (nSPS) is 17.2. The molecule has 1 saturated heterocycles. The van der Waals surface area contributed by atoms with Crippen LogP contribution in [0.5, 0.6) is 0 Å². The zero-order valence-electron chi connectivity index (χ0n) is 17.3. The van der Waals surface area contributed by atoms with Crippen molar-refractivity contribution in [1.29, 1.82) is 0 Å². The molecule has 28 heavy (non-hydrogen) atoms. The maximum absolute atomic E-state index is 12.8. The third-order valence-electron chi connectivity index (χ3n) is 5.49. The minimum atomic E-state index is -3.49. The summed E-state index contributed by atoms with van der Waals surface area (Å²) in [5.74, 6) is 0.372. The molecule has 8 heteroatoms. The lowest BCUT2D eigenvalue weighted by Crippen LogP contribution is -2.44. The van der Waals surface area contributed by atoms with Crippen LogP contribution in [0.15, 0.2) is 29.2 Å². The number of amides is 1.